The Bertz CT molecular complexity index is 297. The molecule has 0 heterocycles. The lowest BCUT2D eigenvalue weighted by Gasteiger charge is -1.99. The molecule has 1 N–H and O–H groups in total. The van der Waals surface area contributed by atoms with Crippen molar-refractivity contribution in [3.05, 3.63) is 28.2 Å². The SMILES string of the molecule is N#CCCc1cc(O)cc(Br)c1. The van der Waals surface area contributed by atoms with Crippen molar-refractivity contribution < 1.29 is 5.11 Å². The number of halogens is 1. The van der Waals surface area contributed by atoms with Gasteiger partial charge in [0.15, 0.2) is 0 Å². The van der Waals surface area contributed by atoms with Crippen LogP contribution in [0.3, 0.4) is 0 Å². The number of benzene rings is 1. The fourth-order valence-corrected chi connectivity index (χ4v) is 1.51. The molecule has 0 aliphatic rings. The van der Waals surface area contributed by atoms with E-state index >= 15 is 0 Å². The van der Waals surface area contributed by atoms with Gasteiger partial charge in [0.2, 0.25) is 0 Å². The molecule has 0 saturated heterocycles. The van der Waals surface area contributed by atoms with E-state index in [4.69, 9.17) is 5.26 Å². The summed E-state index contributed by atoms with van der Waals surface area (Å²) in [4.78, 5) is 0. The van der Waals surface area contributed by atoms with Gasteiger partial charge in [-0.3, -0.25) is 0 Å². The largest absolute Gasteiger partial charge is 0.508 e. The van der Waals surface area contributed by atoms with Gasteiger partial charge in [-0.25, -0.2) is 0 Å². The summed E-state index contributed by atoms with van der Waals surface area (Å²) in [6.45, 7) is 0. The first kappa shape index (κ1) is 9.08. The molecule has 1 rings (SSSR count). The smallest absolute Gasteiger partial charge is 0.116 e. The van der Waals surface area contributed by atoms with Crippen LogP contribution in [0.4, 0.5) is 0 Å². The van der Waals surface area contributed by atoms with Crippen LogP contribution in [0, 0.1) is 11.3 Å². The molecule has 62 valence electrons. The van der Waals surface area contributed by atoms with Crippen LogP contribution in [0.25, 0.3) is 0 Å². The maximum atomic E-state index is 9.18. The lowest BCUT2D eigenvalue weighted by atomic mass is 10.1. The molecular weight excluding hydrogens is 218 g/mol. The van der Waals surface area contributed by atoms with E-state index in [0.29, 0.717) is 12.8 Å². The van der Waals surface area contributed by atoms with Gasteiger partial charge in [0, 0.05) is 10.9 Å². The predicted octanol–water partition coefficient (Wildman–Crippen LogP) is 2.61. The first-order valence-corrected chi connectivity index (χ1v) is 4.37. The number of nitrogens with zero attached hydrogens (tertiary/aromatic N) is 1. The molecule has 1 aromatic rings. The highest BCUT2D eigenvalue weighted by atomic mass is 79.9. The molecule has 0 saturated carbocycles. The zero-order chi connectivity index (χ0) is 8.97. The van der Waals surface area contributed by atoms with Gasteiger partial charge in [0.05, 0.1) is 6.07 Å². The minimum atomic E-state index is 0.234. The molecule has 1 aromatic carbocycles. The molecule has 0 atom stereocenters. The Morgan fingerprint density at radius 1 is 1.42 bits per heavy atom. The van der Waals surface area contributed by atoms with Crippen LogP contribution in [0.2, 0.25) is 0 Å². The number of hydrogen-bond donors (Lipinski definition) is 1. The molecular formula is C9H8BrNO. The molecule has 0 unspecified atom stereocenters. The minimum absolute atomic E-state index is 0.234. The quantitative estimate of drug-likeness (QED) is 0.842. The molecule has 0 aliphatic heterocycles. The summed E-state index contributed by atoms with van der Waals surface area (Å²) in [5.41, 5.74) is 0.975. The average Bonchev–Trinajstić information content (AvgIpc) is 1.99. The number of phenols is 1. The Kier molecular flexibility index (Phi) is 3.12. The van der Waals surface area contributed by atoms with Crippen molar-refractivity contribution in [1.29, 1.82) is 5.26 Å². The van der Waals surface area contributed by atoms with E-state index in [1.54, 1.807) is 12.1 Å². The summed E-state index contributed by atoms with van der Waals surface area (Å²) in [5, 5.41) is 17.5. The predicted molar refractivity (Wildman–Crippen MR) is 49.7 cm³/mol. The topological polar surface area (TPSA) is 44.0 Å². The molecule has 0 bridgehead atoms. The van der Waals surface area contributed by atoms with Crippen LogP contribution in [-0.4, -0.2) is 5.11 Å². The molecule has 0 amide bonds. The number of aromatic hydroxyl groups is 1. The molecule has 0 spiro atoms. The van der Waals surface area contributed by atoms with Crippen molar-refractivity contribution in [2.45, 2.75) is 12.8 Å². The third kappa shape index (κ3) is 2.55. The van der Waals surface area contributed by atoms with Crippen LogP contribution in [-0.2, 0) is 6.42 Å². The zero-order valence-electron chi connectivity index (χ0n) is 6.42. The molecule has 3 heteroatoms. The van der Waals surface area contributed by atoms with Crippen molar-refractivity contribution in [1.82, 2.24) is 0 Å². The van der Waals surface area contributed by atoms with Crippen molar-refractivity contribution in [2.24, 2.45) is 0 Å². The summed E-state index contributed by atoms with van der Waals surface area (Å²) >= 11 is 3.26. The van der Waals surface area contributed by atoms with E-state index in [2.05, 4.69) is 22.0 Å². The third-order valence-corrected chi connectivity index (χ3v) is 1.93. The Morgan fingerprint density at radius 3 is 2.75 bits per heavy atom. The highest BCUT2D eigenvalue weighted by Crippen LogP contribution is 2.20. The molecule has 0 fully saturated rings. The fraction of sp³-hybridized carbons (Fsp3) is 0.222. The van der Waals surface area contributed by atoms with Gasteiger partial charge in [-0.15, -0.1) is 0 Å². The lowest BCUT2D eigenvalue weighted by molar-refractivity contribution is 0.474. The Hall–Kier alpha value is -1.01. The lowest BCUT2D eigenvalue weighted by Crippen LogP contribution is -1.83. The van der Waals surface area contributed by atoms with Gasteiger partial charge in [-0.05, 0) is 30.2 Å². The van der Waals surface area contributed by atoms with Gasteiger partial charge in [0.1, 0.15) is 5.75 Å². The van der Waals surface area contributed by atoms with Crippen LogP contribution >= 0.6 is 15.9 Å². The maximum Gasteiger partial charge on any atom is 0.116 e. The first-order chi connectivity index (χ1) is 5.72. The Morgan fingerprint density at radius 2 is 2.17 bits per heavy atom. The van der Waals surface area contributed by atoms with Crippen LogP contribution in [0.5, 0.6) is 5.75 Å². The van der Waals surface area contributed by atoms with E-state index in [9.17, 15) is 5.11 Å². The second-order valence-corrected chi connectivity index (χ2v) is 3.39. The van der Waals surface area contributed by atoms with E-state index in [1.807, 2.05) is 6.07 Å². The molecule has 0 aromatic heterocycles. The highest BCUT2D eigenvalue weighted by Gasteiger charge is 1.97. The second-order valence-electron chi connectivity index (χ2n) is 2.48. The van der Waals surface area contributed by atoms with E-state index in [-0.39, 0.29) is 5.75 Å². The Balaban J connectivity index is 2.80. The van der Waals surface area contributed by atoms with Gasteiger partial charge >= 0.3 is 0 Å². The summed E-state index contributed by atoms with van der Waals surface area (Å²) in [6, 6.07) is 7.25. The van der Waals surface area contributed by atoms with Crippen LogP contribution in [0.1, 0.15) is 12.0 Å². The summed E-state index contributed by atoms with van der Waals surface area (Å²) in [6.07, 6.45) is 1.17. The Labute approximate surface area is 79.6 Å². The van der Waals surface area contributed by atoms with Crippen LogP contribution < -0.4 is 0 Å². The number of aryl methyl sites for hydroxylation is 1. The van der Waals surface area contributed by atoms with Gasteiger partial charge < -0.3 is 5.11 Å². The highest BCUT2D eigenvalue weighted by molar-refractivity contribution is 9.10. The number of nitriles is 1. The van der Waals surface area contributed by atoms with Crippen molar-refractivity contribution in [3.63, 3.8) is 0 Å². The van der Waals surface area contributed by atoms with Crippen molar-refractivity contribution in [2.75, 3.05) is 0 Å². The number of rotatable bonds is 2. The number of hydrogen-bond acceptors (Lipinski definition) is 2. The monoisotopic (exact) mass is 225 g/mol. The van der Waals surface area contributed by atoms with Crippen molar-refractivity contribution >= 4 is 15.9 Å². The standard InChI is InChI=1S/C9H8BrNO/c10-8-4-7(2-1-3-11)5-9(12)6-8/h4-6,12H,1-2H2. The normalized spacial score (nSPS) is 9.33. The third-order valence-electron chi connectivity index (χ3n) is 1.47. The molecule has 0 aliphatic carbocycles. The minimum Gasteiger partial charge on any atom is -0.508 e. The maximum absolute atomic E-state index is 9.18. The van der Waals surface area contributed by atoms with E-state index in [1.165, 1.54) is 0 Å². The first-order valence-electron chi connectivity index (χ1n) is 3.58. The van der Waals surface area contributed by atoms with Gasteiger partial charge in [-0.2, -0.15) is 5.26 Å². The van der Waals surface area contributed by atoms with Gasteiger partial charge in [-0.1, -0.05) is 15.9 Å². The zero-order valence-corrected chi connectivity index (χ0v) is 8.00. The second kappa shape index (κ2) is 4.13. The van der Waals surface area contributed by atoms with Crippen LogP contribution in [0.15, 0.2) is 22.7 Å². The molecule has 2 nitrogen and oxygen atoms in total. The summed E-state index contributed by atoms with van der Waals surface area (Å²) in [5.74, 6) is 0.234. The van der Waals surface area contributed by atoms with E-state index in [0.717, 1.165) is 10.0 Å². The summed E-state index contributed by atoms with van der Waals surface area (Å²) in [7, 11) is 0. The average molecular weight is 226 g/mol. The summed E-state index contributed by atoms with van der Waals surface area (Å²) < 4.78 is 0.843. The molecule has 12 heavy (non-hydrogen) atoms. The van der Waals surface area contributed by atoms with Gasteiger partial charge in [0.25, 0.3) is 0 Å². The van der Waals surface area contributed by atoms with Crippen molar-refractivity contribution in [3.8, 4) is 11.8 Å². The van der Waals surface area contributed by atoms with E-state index < -0.39 is 0 Å². The fourth-order valence-electron chi connectivity index (χ4n) is 0.978. The molecule has 0 radical (unpaired) electrons. The number of phenolic OH excluding ortho intramolecular Hbond substituents is 1.